The second kappa shape index (κ2) is 8.29. The topological polar surface area (TPSA) is 107 Å². The largest absolute Gasteiger partial charge is 0.481 e. The molecule has 0 aliphatic carbocycles. The number of unbranched alkanes of at least 4 members (excludes halogenated alkanes) is 1. The molecule has 1 unspecified atom stereocenters. The summed E-state index contributed by atoms with van der Waals surface area (Å²) >= 11 is 0. The number of hydrogen-bond donors (Lipinski definition) is 4. The second-order valence-electron chi connectivity index (χ2n) is 7.34. The number of aliphatic carboxylic acids is 1. The predicted octanol–water partition coefficient (Wildman–Crippen LogP) is 0.924. The van der Waals surface area contributed by atoms with E-state index in [9.17, 15) is 9.90 Å². The SMILES string of the molecule is CC(N)(CCCCB(O)O)CCN1CCC(C)(C(=O)O)CC1. The van der Waals surface area contributed by atoms with Crippen LogP contribution in [-0.2, 0) is 4.79 Å². The molecule has 22 heavy (non-hydrogen) atoms. The average molecular weight is 314 g/mol. The third-order valence-corrected chi connectivity index (χ3v) is 4.94. The van der Waals surface area contributed by atoms with Gasteiger partial charge in [0.05, 0.1) is 5.41 Å². The van der Waals surface area contributed by atoms with Crippen molar-refractivity contribution in [1.82, 2.24) is 4.90 Å². The Morgan fingerprint density at radius 1 is 1.27 bits per heavy atom. The fourth-order valence-electron chi connectivity index (χ4n) is 2.88. The molecule has 0 aromatic carbocycles. The Morgan fingerprint density at radius 2 is 1.86 bits per heavy atom. The number of nitrogens with two attached hydrogens (primary N) is 1. The highest BCUT2D eigenvalue weighted by molar-refractivity contribution is 6.40. The molecular weight excluding hydrogens is 283 g/mol. The standard InChI is InChI=1S/C15H31BN2O4/c1-14(13(19)20)6-10-18(11-7-14)12-8-15(2,17)5-3-4-9-16(21)22/h21-22H,3-12,17H2,1-2H3,(H,19,20). The van der Waals surface area contributed by atoms with Gasteiger partial charge < -0.3 is 25.8 Å². The first-order chi connectivity index (χ1) is 10.1. The van der Waals surface area contributed by atoms with Crippen LogP contribution in [0.15, 0.2) is 0 Å². The van der Waals surface area contributed by atoms with E-state index < -0.39 is 18.5 Å². The lowest BCUT2D eigenvalue weighted by atomic mass is 9.80. The van der Waals surface area contributed by atoms with Crippen LogP contribution in [0.3, 0.4) is 0 Å². The number of hydrogen-bond acceptors (Lipinski definition) is 5. The minimum atomic E-state index is -1.22. The van der Waals surface area contributed by atoms with Crippen molar-refractivity contribution >= 4 is 13.1 Å². The molecule has 0 aromatic heterocycles. The Hall–Kier alpha value is -0.625. The summed E-state index contributed by atoms with van der Waals surface area (Å²) in [5.74, 6) is -0.693. The lowest BCUT2D eigenvalue weighted by Crippen LogP contribution is -2.46. The molecule has 1 fully saturated rings. The zero-order chi connectivity index (χ0) is 16.8. The van der Waals surface area contributed by atoms with E-state index in [1.165, 1.54) is 0 Å². The van der Waals surface area contributed by atoms with Gasteiger partial charge in [-0.2, -0.15) is 0 Å². The fraction of sp³-hybridized carbons (Fsp3) is 0.933. The van der Waals surface area contributed by atoms with Crippen LogP contribution >= 0.6 is 0 Å². The van der Waals surface area contributed by atoms with Crippen molar-refractivity contribution in [2.75, 3.05) is 19.6 Å². The van der Waals surface area contributed by atoms with Crippen molar-refractivity contribution in [2.24, 2.45) is 11.1 Å². The first-order valence-corrected chi connectivity index (χ1v) is 8.25. The van der Waals surface area contributed by atoms with Gasteiger partial charge in [-0.25, -0.2) is 0 Å². The van der Waals surface area contributed by atoms with Gasteiger partial charge in [-0.15, -0.1) is 0 Å². The third kappa shape index (κ3) is 6.65. The van der Waals surface area contributed by atoms with Crippen LogP contribution in [0.25, 0.3) is 0 Å². The number of likely N-dealkylation sites (tertiary alicyclic amines) is 1. The van der Waals surface area contributed by atoms with E-state index in [0.717, 1.165) is 45.3 Å². The quantitative estimate of drug-likeness (QED) is 0.372. The number of carboxylic acid groups (broad SMARTS) is 1. The molecular formula is C15H31BN2O4. The molecule has 0 amide bonds. The number of nitrogens with zero attached hydrogens (tertiary/aromatic N) is 1. The normalized spacial score (nSPS) is 21.3. The maximum Gasteiger partial charge on any atom is 0.451 e. The summed E-state index contributed by atoms with van der Waals surface area (Å²) in [4.78, 5) is 13.5. The molecule has 0 spiro atoms. The highest BCUT2D eigenvalue weighted by Crippen LogP contribution is 2.31. The highest BCUT2D eigenvalue weighted by Gasteiger charge is 2.36. The molecule has 6 nitrogen and oxygen atoms in total. The molecule has 1 atom stereocenters. The molecule has 1 saturated heterocycles. The molecule has 1 aliphatic heterocycles. The van der Waals surface area contributed by atoms with Crippen LogP contribution in [0.1, 0.15) is 52.4 Å². The summed E-state index contributed by atoms with van der Waals surface area (Å²) in [7, 11) is -1.22. The van der Waals surface area contributed by atoms with Gasteiger partial charge in [-0.1, -0.05) is 12.8 Å². The van der Waals surface area contributed by atoms with Crippen LogP contribution in [0.2, 0.25) is 6.32 Å². The first kappa shape index (κ1) is 19.4. The highest BCUT2D eigenvalue weighted by atomic mass is 16.4. The summed E-state index contributed by atoms with van der Waals surface area (Å²) in [5, 5.41) is 26.9. The Morgan fingerprint density at radius 3 is 2.36 bits per heavy atom. The Bertz CT molecular complexity index is 355. The molecule has 0 bridgehead atoms. The van der Waals surface area contributed by atoms with E-state index in [0.29, 0.717) is 19.2 Å². The monoisotopic (exact) mass is 314 g/mol. The van der Waals surface area contributed by atoms with Crippen molar-refractivity contribution < 1.29 is 19.9 Å². The molecule has 0 saturated carbocycles. The Labute approximate surface area is 133 Å². The van der Waals surface area contributed by atoms with Crippen molar-refractivity contribution in [3.8, 4) is 0 Å². The van der Waals surface area contributed by atoms with Crippen molar-refractivity contribution in [1.29, 1.82) is 0 Å². The van der Waals surface area contributed by atoms with Crippen LogP contribution in [0.4, 0.5) is 0 Å². The molecule has 5 N–H and O–H groups in total. The molecule has 7 heteroatoms. The summed E-state index contributed by atoms with van der Waals surface area (Å²) in [6, 6.07) is 0. The number of carbonyl (C=O) groups is 1. The lowest BCUT2D eigenvalue weighted by Gasteiger charge is -2.38. The van der Waals surface area contributed by atoms with Gasteiger partial charge in [0.15, 0.2) is 0 Å². The molecule has 128 valence electrons. The van der Waals surface area contributed by atoms with E-state index in [-0.39, 0.29) is 5.54 Å². The summed E-state index contributed by atoms with van der Waals surface area (Å²) in [6.45, 7) is 6.39. The van der Waals surface area contributed by atoms with Crippen LogP contribution < -0.4 is 5.73 Å². The second-order valence-corrected chi connectivity index (χ2v) is 7.34. The number of carboxylic acids is 1. The lowest BCUT2D eigenvalue weighted by molar-refractivity contribution is -0.150. The maximum atomic E-state index is 11.2. The van der Waals surface area contributed by atoms with E-state index >= 15 is 0 Å². The molecule has 0 aromatic rings. The van der Waals surface area contributed by atoms with Gasteiger partial charge >= 0.3 is 13.1 Å². The van der Waals surface area contributed by atoms with E-state index in [1.807, 2.05) is 13.8 Å². The zero-order valence-electron chi connectivity index (χ0n) is 13.9. The molecule has 1 rings (SSSR count). The van der Waals surface area contributed by atoms with Crippen LogP contribution in [0.5, 0.6) is 0 Å². The van der Waals surface area contributed by atoms with Gasteiger partial charge in [0.25, 0.3) is 0 Å². The average Bonchev–Trinajstić information content (AvgIpc) is 2.43. The minimum absolute atomic E-state index is 0.256. The Balaban J connectivity index is 2.24. The Kier molecular flexibility index (Phi) is 7.32. The number of piperidine rings is 1. The maximum absolute atomic E-state index is 11.2. The van der Waals surface area contributed by atoms with Crippen molar-refractivity contribution in [3.05, 3.63) is 0 Å². The summed E-state index contributed by atoms with van der Waals surface area (Å²) in [5.41, 5.74) is 5.47. The third-order valence-electron chi connectivity index (χ3n) is 4.94. The van der Waals surface area contributed by atoms with Gasteiger partial charge in [0.2, 0.25) is 0 Å². The molecule has 1 heterocycles. The number of rotatable bonds is 9. The predicted molar refractivity (Wildman–Crippen MR) is 87.5 cm³/mol. The van der Waals surface area contributed by atoms with Gasteiger partial charge in [-0.05, 0) is 65.5 Å². The van der Waals surface area contributed by atoms with E-state index in [1.54, 1.807) is 0 Å². The van der Waals surface area contributed by atoms with Gasteiger partial charge in [0, 0.05) is 5.54 Å². The fourth-order valence-corrected chi connectivity index (χ4v) is 2.88. The summed E-state index contributed by atoms with van der Waals surface area (Å²) < 4.78 is 0. The first-order valence-electron chi connectivity index (χ1n) is 8.25. The van der Waals surface area contributed by atoms with Crippen molar-refractivity contribution in [3.63, 3.8) is 0 Å². The van der Waals surface area contributed by atoms with Gasteiger partial charge in [0.1, 0.15) is 0 Å². The van der Waals surface area contributed by atoms with E-state index in [2.05, 4.69) is 4.90 Å². The zero-order valence-corrected chi connectivity index (χ0v) is 13.9. The smallest absolute Gasteiger partial charge is 0.451 e. The minimum Gasteiger partial charge on any atom is -0.481 e. The van der Waals surface area contributed by atoms with Crippen molar-refractivity contribution in [2.45, 2.75) is 64.2 Å². The molecule has 0 radical (unpaired) electrons. The van der Waals surface area contributed by atoms with Gasteiger partial charge in [-0.3, -0.25) is 4.79 Å². The summed E-state index contributed by atoms with van der Waals surface area (Å²) in [6.07, 6.45) is 5.18. The van der Waals surface area contributed by atoms with Crippen LogP contribution in [0, 0.1) is 5.41 Å². The molecule has 1 aliphatic rings. The van der Waals surface area contributed by atoms with Crippen LogP contribution in [-0.4, -0.2) is 58.3 Å². The van der Waals surface area contributed by atoms with E-state index in [4.69, 9.17) is 15.8 Å².